The van der Waals surface area contributed by atoms with Crippen molar-refractivity contribution in [3.8, 4) is 5.75 Å². The lowest BCUT2D eigenvalue weighted by Gasteiger charge is -2.17. The molecule has 1 aromatic heterocycles. The lowest BCUT2D eigenvalue weighted by molar-refractivity contribution is 0.0781. The fourth-order valence-corrected chi connectivity index (χ4v) is 2.06. The van der Waals surface area contributed by atoms with Gasteiger partial charge >= 0.3 is 0 Å². The van der Waals surface area contributed by atoms with Crippen LogP contribution in [0, 0.1) is 6.92 Å². The number of carbonyl (C=O) groups is 1. The molecule has 0 saturated carbocycles. The van der Waals surface area contributed by atoms with Crippen molar-refractivity contribution in [3.63, 3.8) is 0 Å². The van der Waals surface area contributed by atoms with E-state index in [-0.39, 0.29) is 5.91 Å². The minimum atomic E-state index is -0.0694. The summed E-state index contributed by atoms with van der Waals surface area (Å²) >= 11 is 0. The van der Waals surface area contributed by atoms with Crippen LogP contribution in [0.3, 0.4) is 0 Å². The van der Waals surface area contributed by atoms with Crippen molar-refractivity contribution in [2.24, 2.45) is 5.73 Å². The summed E-state index contributed by atoms with van der Waals surface area (Å²) in [6.07, 6.45) is 4.20. The molecule has 0 fully saturated rings. The SMILES string of the molecule is Cc1ccc(C(=O)N(C)Cc2ncc[nH]2)cc1OCCCN. The number of ether oxygens (including phenoxy) is 1. The number of aromatic nitrogens is 2. The van der Waals surface area contributed by atoms with Crippen LogP contribution in [0.4, 0.5) is 0 Å². The molecule has 0 bridgehead atoms. The van der Waals surface area contributed by atoms with E-state index in [0.29, 0.717) is 25.3 Å². The fraction of sp³-hybridized carbons (Fsp3) is 0.375. The third kappa shape index (κ3) is 4.08. The van der Waals surface area contributed by atoms with Crippen molar-refractivity contribution in [1.29, 1.82) is 0 Å². The predicted molar refractivity (Wildman–Crippen MR) is 84.7 cm³/mol. The van der Waals surface area contributed by atoms with Gasteiger partial charge < -0.3 is 20.4 Å². The minimum Gasteiger partial charge on any atom is -0.493 e. The highest BCUT2D eigenvalue weighted by Crippen LogP contribution is 2.21. The number of rotatable bonds is 7. The molecule has 2 rings (SSSR count). The van der Waals surface area contributed by atoms with Crippen molar-refractivity contribution in [2.45, 2.75) is 19.9 Å². The molecule has 2 aromatic rings. The van der Waals surface area contributed by atoms with Crippen molar-refractivity contribution in [1.82, 2.24) is 14.9 Å². The molecule has 1 heterocycles. The molecule has 0 saturated heterocycles. The number of imidazole rings is 1. The molecule has 3 N–H and O–H groups in total. The molecule has 0 aliphatic carbocycles. The molecule has 0 aliphatic rings. The molecule has 6 heteroatoms. The topological polar surface area (TPSA) is 84.2 Å². The number of amides is 1. The number of nitrogens with zero attached hydrogens (tertiary/aromatic N) is 2. The van der Waals surface area contributed by atoms with E-state index in [2.05, 4.69) is 9.97 Å². The highest BCUT2D eigenvalue weighted by Gasteiger charge is 2.14. The number of nitrogens with two attached hydrogens (primary N) is 1. The average Bonchev–Trinajstić information content (AvgIpc) is 3.01. The van der Waals surface area contributed by atoms with Crippen LogP contribution in [0.25, 0.3) is 0 Å². The van der Waals surface area contributed by atoms with Gasteiger partial charge in [-0.1, -0.05) is 6.07 Å². The van der Waals surface area contributed by atoms with Crippen molar-refractivity contribution < 1.29 is 9.53 Å². The van der Waals surface area contributed by atoms with Gasteiger partial charge in [-0.15, -0.1) is 0 Å². The lowest BCUT2D eigenvalue weighted by atomic mass is 10.1. The number of carbonyl (C=O) groups excluding carboxylic acids is 1. The fourth-order valence-electron chi connectivity index (χ4n) is 2.06. The van der Waals surface area contributed by atoms with Gasteiger partial charge in [0.1, 0.15) is 11.6 Å². The molecule has 0 radical (unpaired) electrons. The molecule has 1 aromatic carbocycles. The second kappa shape index (κ2) is 7.61. The number of benzene rings is 1. The summed E-state index contributed by atoms with van der Waals surface area (Å²) in [7, 11) is 1.75. The van der Waals surface area contributed by atoms with E-state index >= 15 is 0 Å². The van der Waals surface area contributed by atoms with Gasteiger partial charge in [0.15, 0.2) is 0 Å². The molecular weight excluding hydrogens is 280 g/mol. The van der Waals surface area contributed by atoms with E-state index in [0.717, 1.165) is 23.6 Å². The quantitative estimate of drug-likeness (QED) is 0.763. The monoisotopic (exact) mass is 302 g/mol. The molecule has 0 atom stereocenters. The van der Waals surface area contributed by atoms with E-state index in [1.807, 2.05) is 19.1 Å². The van der Waals surface area contributed by atoms with Crippen LogP contribution in [-0.4, -0.2) is 41.0 Å². The van der Waals surface area contributed by atoms with Gasteiger partial charge in [0.05, 0.1) is 13.2 Å². The zero-order chi connectivity index (χ0) is 15.9. The van der Waals surface area contributed by atoms with Gasteiger partial charge in [-0.05, 0) is 37.6 Å². The Morgan fingerprint density at radius 3 is 2.95 bits per heavy atom. The maximum Gasteiger partial charge on any atom is 0.254 e. The Labute approximate surface area is 130 Å². The van der Waals surface area contributed by atoms with Crippen LogP contribution in [0.15, 0.2) is 30.6 Å². The second-order valence-electron chi connectivity index (χ2n) is 5.17. The molecule has 118 valence electrons. The number of aromatic amines is 1. The van der Waals surface area contributed by atoms with E-state index in [1.54, 1.807) is 30.4 Å². The van der Waals surface area contributed by atoms with Crippen molar-refractivity contribution in [3.05, 3.63) is 47.5 Å². The zero-order valence-electron chi connectivity index (χ0n) is 13.0. The number of H-pyrrole nitrogens is 1. The Balaban J connectivity index is 2.06. The van der Waals surface area contributed by atoms with E-state index in [9.17, 15) is 4.79 Å². The Hall–Kier alpha value is -2.34. The summed E-state index contributed by atoms with van der Waals surface area (Å²) < 4.78 is 5.68. The standard InChI is InChI=1S/C16H22N4O2/c1-12-4-5-13(10-14(12)22-9-3-6-17)16(21)20(2)11-15-18-7-8-19-15/h4-5,7-8,10H,3,6,9,11,17H2,1-2H3,(H,18,19). The molecular formula is C16H22N4O2. The summed E-state index contributed by atoms with van der Waals surface area (Å²) in [5, 5.41) is 0. The summed E-state index contributed by atoms with van der Waals surface area (Å²) in [6, 6.07) is 5.49. The summed E-state index contributed by atoms with van der Waals surface area (Å²) in [5.74, 6) is 1.41. The largest absolute Gasteiger partial charge is 0.493 e. The van der Waals surface area contributed by atoms with E-state index in [4.69, 9.17) is 10.5 Å². The van der Waals surface area contributed by atoms with Gasteiger partial charge in [0.2, 0.25) is 0 Å². The molecule has 0 unspecified atom stereocenters. The Bertz CT molecular complexity index is 611. The van der Waals surface area contributed by atoms with Gasteiger partial charge in [0, 0.05) is 25.0 Å². The van der Waals surface area contributed by atoms with E-state index in [1.165, 1.54) is 0 Å². The van der Waals surface area contributed by atoms with Crippen LogP contribution < -0.4 is 10.5 Å². The van der Waals surface area contributed by atoms with E-state index < -0.39 is 0 Å². The van der Waals surface area contributed by atoms with Gasteiger partial charge in [-0.2, -0.15) is 0 Å². The Morgan fingerprint density at radius 1 is 1.45 bits per heavy atom. The molecule has 6 nitrogen and oxygen atoms in total. The average molecular weight is 302 g/mol. The first-order valence-electron chi connectivity index (χ1n) is 7.29. The van der Waals surface area contributed by atoms with Gasteiger partial charge in [-0.3, -0.25) is 4.79 Å². The highest BCUT2D eigenvalue weighted by molar-refractivity contribution is 5.94. The first-order valence-corrected chi connectivity index (χ1v) is 7.29. The first-order chi connectivity index (χ1) is 10.6. The van der Waals surface area contributed by atoms with Crippen LogP contribution >= 0.6 is 0 Å². The van der Waals surface area contributed by atoms with Crippen LogP contribution in [0.5, 0.6) is 5.75 Å². The normalized spacial score (nSPS) is 10.5. The smallest absolute Gasteiger partial charge is 0.254 e. The minimum absolute atomic E-state index is 0.0694. The molecule has 1 amide bonds. The summed E-state index contributed by atoms with van der Waals surface area (Å²) in [5.41, 5.74) is 7.06. The van der Waals surface area contributed by atoms with Crippen LogP contribution in [-0.2, 0) is 6.54 Å². The van der Waals surface area contributed by atoms with Crippen molar-refractivity contribution >= 4 is 5.91 Å². The maximum absolute atomic E-state index is 12.5. The molecule has 22 heavy (non-hydrogen) atoms. The van der Waals surface area contributed by atoms with Crippen LogP contribution in [0.1, 0.15) is 28.2 Å². The Morgan fingerprint density at radius 2 is 2.27 bits per heavy atom. The third-order valence-electron chi connectivity index (χ3n) is 3.33. The second-order valence-corrected chi connectivity index (χ2v) is 5.17. The van der Waals surface area contributed by atoms with Gasteiger partial charge in [-0.25, -0.2) is 4.98 Å². The summed E-state index contributed by atoms with van der Waals surface area (Å²) in [6.45, 7) is 3.53. The van der Waals surface area contributed by atoms with Gasteiger partial charge in [0.25, 0.3) is 5.91 Å². The maximum atomic E-state index is 12.5. The number of hydrogen-bond acceptors (Lipinski definition) is 4. The highest BCUT2D eigenvalue weighted by atomic mass is 16.5. The van der Waals surface area contributed by atoms with Crippen molar-refractivity contribution in [2.75, 3.05) is 20.2 Å². The third-order valence-corrected chi connectivity index (χ3v) is 3.33. The predicted octanol–water partition coefficient (Wildman–Crippen LogP) is 1.72. The number of aryl methyl sites for hydroxylation is 1. The van der Waals surface area contributed by atoms with Crippen LogP contribution in [0.2, 0.25) is 0 Å². The summed E-state index contributed by atoms with van der Waals surface area (Å²) in [4.78, 5) is 21.2. The zero-order valence-corrected chi connectivity index (χ0v) is 13.0. The number of nitrogens with one attached hydrogen (secondary N) is 1. The first kappa shape index (κ1) is 16.0. The number of hydrogen-bond donors (Lipinski definition) is 2. The molecule has 0 aliphatic heterocycles. The Kier molecular flexibility index (Phi) is 5.55. The lowest BCUT2D eigenvalue weighted by Crippen LogP contribution is -2.26. The molecule has 0 spiro atoms.